The summed E-state index contributed by atoms with van der Waals surface area (Å²) in [5, 5.41) is 0.425. The number of rotatable bonds is 4. The molecule has 3 rings (SSSR count). The molecule has 0 aliphatic rings. The lowest BCUT2D eigenvalue weighted by molar-refractivity contribution is 0.338. The highest BCUT2D eigenvalue weighted by Crippen LogP contribution is 2.33. The topological polar surface area (TPSA) is 78.6 Å². The van der Waals surface area contributed by atoms with Gasteiger partial charge in [0.25, 0.3) is 0 Å². The number of hydrogen-bond donors (Lipinski definition) is 1. The first-order chi connectivity index (χ1) is 10.6. The number of fused-ring (bicyclic) bond motifs is 1. The van der Waals surface area contributed by atoms with E-state index >= 15 is 0 Å². The molecule has 5 nitrogen and oxygen atoms in total. The molecule has 0 fully saturated rings. The second kappa shape index (κ2) is 5.73. The largest absolute Gasteiger partial charge is 0.480 e. The quantitative estimate of drug-likeness (QED) is 0.766. The molecule has 0 aliphatic heterocycles. The van der Waals surface area contributed by atoms with E-state index in [9.17, 15) is 4.79 Å². The summed E-state index contributed by atoms with van der Waals surface area (Å²) in [5.74, 6) is 0.648. The van der Waals surface area contributed by atoms with Gasteiger partial charge >= 0.3 is 0 Å². The van der Waals surface area contributed by atoms with Crippen LogP contribution >= 0.6 is 15.9 Å². The maximum Gasteiger partial charge on any atom is 0.235 e. The van der Waals surface area contributed by atoms with Crippen molar-refractivity contribution in [2.24, 2.45) is 5.73 Å². The van der Waals surface area contributed by atoms with Crippen molar-refractivity contribution < 1.29 is 13.6 Å². The van der Waals surface area contributed by atoms with Crippen molar-refractivity contribution in [1.29, 1.82) is 0 Å². The van der Waals surface area contributed by atoms with Gasteiger partial charge < -0.3 is 19.3 Å². The Morgan fingerprint density at radius 3 is 2.68 bits per heavy atom. The van der Waals surface area contributed by atoms with Gasteiger partial charge in [0.2, 0.25) is 16.9 Å². The molecule has 6 heteroatoms. The molecule has 112 valence electrons. The van der Waals surface area contributed by atoms with Crippen molar-refractivity contribution in [2.75, 3.05) is 6.61 Å². The van der Waals surface area contributed by atoms with Gasteiger partial charge in [-0.3, -0.25) is 4.79 Å². The summed E-state index contributed by atoms with van der Waals surface area (Å²) in [5.41, 5.74) is 5.98. The summed E-state index contributed by atoms with van der Waals surface area (Å²) in [7, 11) is 0. The summed E-state index contributed by atoms with van der Waals surface area (Å²) in [6.07, 6.45) is 0. The van der Waals surface area contributed by atoms with Crippen LogP contribution in [0, 0.1) is 0 Å². The SMILES string of the molecule is C=C(N)COc1c(-c2ccc(Br)o2)oc2ccccc2c1=O. The van der Waals surface area contributed by atoms with Crippen LogP contribution in [0.5, 0.6) is 5.75 Å². The summed E-state index contributed by atoms with van der Waals surface area (Å²) in [4.78, 5) is 12.6. The third kappa shape index (κ3) is 2.65. The molecule has 0 aliphatic carbocycles. The van der Waals surface area contributed by atoms with Crippen LogP contribution in [-0.4, -0.2) is 6.61 Å². The summed E-state index contributed by atoms with van der Waals surface area (Å²) in [6.45, 7) is 3.57. The van der Waals surface area contributed by atoms with Crippen LogP contribution in [0.4, 0.5) is 0 Å². The predicted molar refractivity (Wildman–Crippen MR) is 86.7 cm³/mol. The number of ether oxygens (including phenoxy) is 1. The van der Waals surface area contributed by atoms with E-state index in [0.29, 0.717) is 27.1 Å². The van der Waals surface area contributed by atoms with Crippen LogP contribution in [0.1, 0.15) is 0 Å². The Hall–Kier alpha value is -2.47. The molecule has 0 unspecified atom stereocenters. The van der Waals surface area contributed by atoms with E-state index in [1.54, 1.807) is 36.4 Å². The van der Waals surface area contributed by atoms with Crippen molar-refractivity contribution in [3.8, 4) is 17.3 Å². The maximum atomic E-state index is 12.6. The normalized spacial score (nSPS) is 10.8. The average Bonchev–Trinajstić information content (AvgIpc) is 2.92. The van der Waals surface area contributed by atoms with Crippen molar-refractivity contribution in [1.82, 2.24) is 0 Å². The molecule has 0 saturated carbocycles. The molecular formula is C16H12BrNO4. The molecule has 3 aromatic rings. The van der Waals surface area contributed by atoms with Gasteiger partial charge in [0.1, 0.15) is 12.2 Å². The minimum atomic E-state index is -0.286. The highest BCUT2D eigenvalue weighted by Gasteiger charge is 2.20. The highest BCUT2D eigenvalue weighted by atomic mass is 79.9. The number of benzene rings is 1. The van der Waals surface area contributed by atoms with E-state index < -0.39 is 0 Å². The Morgan fingerprint density at radius 1 is 1.23 bits per heavy atom. The Labute approximate surface area is 134 Å². The summed E-state index contributed by atoms with van der Waals surface area (Å²) < 4.78 is 17.3. The van der Waals surface area contributed by atoms with Crippen molar-refractivity contribution in [3.63, 3.8) is 0 Å². The zero-order valence-corrected chi connectivity index (χ0v) is 13.1. The zero-order chi connectivity index (χ0) is 15.7. The van der Waals surface area contributed by atoms with Crippen molar-refractivity contribution in [3.05, 3.63) is 63.6 Å². The predicted octanol–water partition coefficient (Wildman–Crippen LogP) is 3.67. The van der Waals surface area contributed by atoms with Gasteiger partial charge in [-0.15, -0.1) is 0 Å². The first kappa shape index (κ1) is 14.5. The van der Waals surface area contributed by atoms with Crippen molar-refractivity contribution in [2.45, 2.75) is 0 Å². The molecule has 0 spiro atoms. The van der Waals surface area contributed by atoms with Crippen molar-refractivity contribution >= 4 is 26.9 Å². The molecule has 0 amide bonds. The van der Waals surface area contributed by atoms with Gasteiger partial charge in [0, 0.05) is 5.70 Å². The fourth-order valence-corrected chi connectivity index (χ4v) is 2.33. The number of hydrogen-bond acceptors (Lipinski definition) is 5. The lowest BCUT2D eigenvalue weighted by atomic mass is 10.2. The first-order valence-corrected chi connectivity index (χ1v) is 7.23. The zero-order valence-electron chi connectivity index (χ0n) is 11.5. The van der Waals surface area contributed by atoms with Crippen LogP contribution in [0.25, 0.3) is 22.5 Å². The van der Waals surface area contributed by atoms with Crippen LogP contribution < -0.4 is 15.9 Å². The lowest BCUT2D eigenvalue weighted by Crippen LogP contribution is -2.14. The molecule has 0 atom stereocenters. The van der Waals surface area contributed by atoms with Gasteiger partial charge in [-0.05, 0) is 40.2 Å². The minimum absolute atomic E-state index is 0.0119. The first-order valence-electron chi connectivity index (χ1n) is 6.44. The smallest absolute Gasteiger partial charge is 0.235 e. The van der Waals surface area contributed by atoms with E-state index in [1.807, 2.05) is 0 Å². The lowest BCUT2D eigenvalue weighted by Gasteiger charge is -2.09. The molecule has 1 aromatic carbocycles. The van der Waals surface area contributed by atoms with Crippen LogP contribution in [-0.2, 0) is 0 Å². The second-order valence-electron chi connectivity index (χ2n) is 4.64. The second-order valence-corrected chi connectivity index (χ2v) is 5.42. The number of halogens is 1. The van der Waals surface area contributed by atoms with Gasteiger partial charge in [-0.1, -0.05) is 18.7 Å². The molecule has 2 heterocycles. The van der Waals surface area contributed by atoms with Crippen LogP contribution in [0.2, 0.25) is 0 Å². The van der Waals surface area contributed by atoms with E-state index in [4.69, 9.17) is 19.3 Å². The Bertz CT molecular complexity index is 910. The molecule has 0 bridgehead atoms. The fraction of sp³-hybridized carbons (Fsp3) is 0.0625. The molecule has 0 radical (unpaired) electrons. The number of nitrogens with two attached hydrogens (primary N) is 1. The van der Waals surface area contributed by atoms with E-state index in [0.717, 1.165) is 0 Å². The van der Waals surface area contributed by atoms with Gasteiger partial charge in [0.15, 0.2) is 10.4 Å². The fourth-order valence-electron chi connectivity index (χ4n) is 2.02. The summed E-state index contributed by atoms with van der Waals surface area (Å²) in [6, 6.07) is 10.3. The van der Waals surface area contributed by atoms with Gasteiger partial charge in [0.05, 0.1) is 5.39 Å². The average molecular weight is 362 g/mol. The Kier molecular flexibility index (Phi) is 3.77. The summed E-state index contributed by atoms with van der Waals surface area (Å²) >= 11 is 3.22. The molecular weight excluding hydrogens is 350 g/mol. The number of furan rings is 1. The Morgan fingerprint density at radius 2 is 2.00 bits per heavy atom. The third-order valence-electron chi connectivity index (χ3n) is 2.96. The standard InChI is InChI=1S/C16H12BrNO4/c1-9(18)8-20-16-14(19)10-4-2-3-5-11(10)22-15(16)12-6-7-13(17)21-12/h2-7H,1,8,18H2. The molecule has 0 saturated heterocycles. The highest BCUT2D eigenvalue weighted by molar-refractivity contribution is 9.10. The maximum absolute atomic E-state index is 12.6. The van der Waals surface area contributed by atoms with Gasteiger partial charge in [-0.25, -0.2) is 0 Å². The molecule has 2 aromatic heterocycles. The third-order valence-corrected chi connectivity index (χ3v) is 3.38. The molecule has 2 N–H and O–H groups in total. The molecule has 22 heavy (non-hydrogen) atoms. The van der Waals surface area contributed by atoms with E-state index in [2.05, 4.69) is 22.5 Å². The van der Waals surface area contributed by atoms with Crippen LogP contribution in [0.15, 0.2) is 67.0 Å². The van der Waals surface area contributed by atoms with E-state index in [1.165, 1.54) is 0 Å². The minimum Gasteiger partial charge on any atom is -0.480 e. The Balaban J connectivity index is 2.25. The van der Waals surface area contributed by atoms with Crippen LogP contribution in [0.3, 0.4) is 0 Å². The number of para-hydroxylation sites is 1. The van der Waals surface area contributed by atoms with Gasteiger partial charge in [-0.2, -0.15) is 0 Å². The van der Waals surface area contributed by atoms with E-state index in [-0.39, 0.29) is 23.5 Å². The monoisotopic (exact) mass is 361 g/mol.